The van der Waals surface area contributed by atoms with Crippen LogP contribution in [-0.4, -0.2) is 21.0 Å². The minimum Gasteiger partial charge on any atom is -0.153 e. The fourth-order valence-electron chi connectivity index (χ4n) is 11.4. The molecule has 3 saturated carbocycles. The van der Waals surface area contributed by atoms with Crippen molar-refractivity contribution >= 4 is 52.4 Å². The molecule has 3 aliphatic carbocycles. The third-order valence-corrected chi connectivity index (χ3v) is 32.3. The van der Waals surface area contributed by atoms with Crippen LogP contribution in [0.4, 0.5) is 11.4 Å². The van der Waals surface area contributed by atoms with Crippen LogP contribution in [0, 0.1) is 41.5 Å². The van der Waals surface area contributed by atoms with Gasteiger partial charge in [-0.3, -0.25) is 0 Å². The Morgan fingerprint density at radius 1 is 0.558 bits per heavy atom. The molecule has 1 saturated heterocycles. The molecule has 4 fully saturated rings. The number of nitrogens with zero attached hydrogens (tertiary/aromatic N) is 2. The van der Waals surface area contributed by atoms with Crippen LogP contribution in [0.5, 0.6) is 0 Å². The Balaban J connectivity index is 0.00000464. The third kappa shape index (κ3) is 6.47. The van der Waals surface area contributed by atoms with Crippen molar-refractivity contribution in [1.29, 1.82) is 0 Å². The summed E-state index contributed by atoms with van der Waals surface area (Å²) in [6.07, 6.45) is 19.8. The first-order valence-electron chi connectivity index (χ1n) is 20.2. The maximum atomic E-state index is 8.82. The fourth-order valence-corrected chi connectivity index (χ4v) is 34.7. The molecule has 287 valence electrons. The van der Waals surface area contributed by atoms with E-state index < -0.39 is 12.7 Å². The second-order valence-electron chi connectivity index (χ2n) is 16.5. The van der Waals surface area contributed by atoms with Gasteiger partial charge in [-0.25, -0.2) is 0 Å². The van der Waals surface area contributed by atoms with Gasteiger partial charge in [0.15, 0.2) is 0 Å². The molecular weight excluding hydrogens is 783 g/mol. The fraction of sp³-hybridized carbons (Fsp3) is 0.565. The van der Waals surface area contributed by atoms with Gasteiger partial charge in [0, 0.05) is 0 Å². The molecule has 1 unspecified atom stereocenters. The van der Waals surface area contributed by atoms with E-state index in [9.17, 15) is 0 Å². The SMILES string of the molecule is Cc1cc(C)c(N2CCN(c3c(C)cc(C)cc3C)[C]2=[Ru](=[C](Cl)c2ccccc2Cl)([CH]2CCCCC2)([CH]2CCCCC2)[CH]2CCCCC2)c(C)c1.P. The van der Waals surface area contributed by atoms with Crippen molar-refractivity contribution in [3.8, 4) is 0 Å². The summed E-state index contributed by atoms with van der Waals surface area (Å²) in [6.45, 7) is 16.0. The molecule has 0 radical (unpaired) electrons. The summed E-state index contributed by atoms with van der Waals surface area (Å²) in [7, 11) is 0. The second-order valence-corrected chi connectivity index (χ2v) is 28.9. The van der Waals surface area contributed by atoms with Crippen molar-refractivity contribution in [3.05, 3.63) is 92.5 Å². The molecule has 0 N–H and O–H groups in total. The number of benzene rings is 3. The summed E-state index contributed by atoms with van der Waals surface area (Å²) in [4.78, 5) is 5.87. The number of aryl methyl sites for hydroxylation is 6. The van der Waals surface area contributed by atoms with Gasteiger partial charge >= 0.3 is 322 Å². The maximum Gasteiger partial charge on any atom is -0.153 e. The van der Waals surface area contributed by atoms with Gasteiger partial charge in [0.1, 0.15) is 0 Å². The zero-order valence-corrected chi connectivity index (χ0v) is 37.7. The van der Waals surface area contributed by atoms with Gasteiger partial charge in [0.2, 0.25) is 0 Å². The molecule has 1 aliphatic heterocycles. The predicted octanol–water partition coefficient (Wildman–Crippen LogP) is 14.0. The average Bonchev–Trinajstić information content (AvgIpc) is 3.54. The van der Waals surface area contributed by atoms with E-state index in [0.717, 1.165) is 23.7 Å². The molecule has 0 bridgehead atoms. The number of hydrogen-bond donors (Lipinski definition) is 0. The van der Waals surface area contributed by atoms with E-state index in [1.54, 1.807) is 4.35 Å². The van der Waals surface area contributed by atoms with Crippen molar-refractivity contribution in [2.45, 2.75) is 151 Å². The van der Waals surface area contributed by atoms with E-state index in [0.29, 0.717) is 13.5 Å². The number of anilines is 2. The minimum atomic E-state index is -4.30. The first kappa shape index (κ1) is 40.3. The van der Waals surface area contributed by atoms with Crippen LogP contribution in [0.25, 0.3) is 0 Å². The second kappa shape index (κ2) is 16.4. The van der Waals surface area contributed by atoms with Gasteiger partial charge < -0.3 is 0 Å². The molecule has 1 atom stereocenters. The smallest absolute Gasteiger partial charge is 0.153 e. The molecular formula is C46H66Cl2N2PRu. The van der Waals surface area contributed by atoms with Crippen LogP contribution < -0.4 is 9.80 Å². The topological polar surface area (TPSA) is 6.48 Å². The van der Waals surface area contributed by atoms with Crippen molar-refractivity contribution in [2.75, 3.05) is 22.9 Å². The van der Waals surface area contributed by atoms with Crippen molar-refractivity contribution in [1.82, 2.24) is 0 Å². The van der Waals surface area contributed by atoms with Crippen LogP contribution in [0.15, 0.2) is 48.5 Å². The Kier molecular flexibility index (Phi) is 12.7. The predicted molar refractivity (Wildman–Crippen MR) is 234 cm³/mol. The van der Waals surface area contributed by atoms with E-state index in [2.05, 4.69) is 99.9 Å². The van der Waals surface area contributed by atoms with Gasteiger partial charge in [0.05, 0.1) is 0 Å². The van der Waals surface area contributed by atoms with E-state index in [-0.39, 0.29) is 9.90 Å². The summed E-state index contributed by atoms with van der Waals surface area (Å²) < 4.78 is 4.77. The molecule has 4 aliphatic rings. The van der Waals surface area contributed by atoms with Gasteiger partial charge in [-0.1, -0.05) is 0 Å². The Labute approximate surface area is 329 Å². The minimum absolute atomic E-state index is 0. The molecule has 0 spiro atoms. The van der Waals surface area contributed by atoms with Crippen LogP contribution >= 0.6 is 33.1 Å². The standard InChI is InChI=1S/C21H26N2.C7H4Cl2.3C6H11.H3P.Ru/c1-14-9-16(3)20(17(4)10-14)22-7-8-23(13-22)21-18(5)11-15(2)12-19(21)6;8-5-6-3-1-2-4-7(6)9;3*1-2-4-6-5-3-1;;/h9-12H,7-8H2,1-6H3;1-4H;3*1H,2-6H2;1H3;. The molecule has 0 aromatic heterocycles. The number of rotatable bonds is 6. The average molecular weight is 850 g/mol. The van der Waals surface area contributed by atoms with Crippen molar-refractivity contribution in [3.63, 3.8) is 0 Å². The normalized spacial score (nSPS) is 20.5. The summed E-state index contributed by atoms with van der Waals surface area (Å²) in [5.74, 6) is 0. The van der Waals surface area contributed by atoms with E-state index in [4.69, 9.17) is 23.2 Å². The van der Waals surface area contributed by atoms with E-state index in [1.807, 2.05) is 0 Å². The van der Waals surface area contributed by atoms with E-state index in [1.165, 1.54) is 145 Å². The van der Waals surface area contributed by atoms with Crippen LogP contribution in [-0.2, 0) is 12.7 Å². The molecule has 3 aromatic carbocycles. The molecule has 6 heteroatoms. The van der Waals surface area contributed by atoms with Crippen LogP contribution in [0.3, 0.4) is 0 Å². The van der Waals surface area contributed by atoms with E-state index >= 15 is 0 Å². The molecule has 0 amide bonds. The Hall–Kier alpha value is -1.37. The molecule has 2 nitrogen and oxygen atoms in total. The zero-order valence-electron chi connectivity index (χ0n) is 33.1. The molecule has 3 aromatic rings. The first-order chi connectivity index (χ1) is 24.6. The number of halogens is 2. The summed E-state index contributed by atoms with van der Waals surface area (Å²) >= 11 is 12.0. The largest absolute Gasteiger partial charge is 0.153 e. The van der Waals surface area contributed by atoms with Gasteiger partial charge in [-0.05, 0) is 0 Å². The Morgan fingerprint density at radius 2 is 0.904 bits per heavy atom. The quantitative estimate of drug-likeness (QED) is 0.180. The van der Waals surface area contributed by atoms with Crippen molar-refractivity contribution < 1.29 is 12.7 Å². The van der Waals surface area contributed by atoms with Gasteiger partial charge in [0.25, 0.3) is 0 Å². The third-order valence-electron chi connectivity index (χ3n) is 13.0. The zero-order chi connectivity index (χ0) is 35.9. The van der Waals surface area contributed by atoms with Gasteiger partial charge in [-0.2, -0.15) is 9.90 Å². The molecule has 7 rings (SSSR count). The van der Waals surface area contributed by atoms with Gasteiger partial charge in [-0.15, -0.1) is 0 Å². The molecule has 1 heterocycles. The van der Waals surface area contributed by atoms with Crippen LogP contribution in [0.1, 0.15) is 135 Å². The summed E-state index contributed by atoms with van der Waals surface area (Å²) in [5.41, 5.74) is 12.4. The Bertz CT molecular complexity index is 1760. The Morgan fingerprint density at radius 3 is 1.25 bits per heavy atom. The number of hydrogen-bond acceptors (Lipinski definition) is 2. The summed E-state index contributed by atoms with van der Waals surface area (Å²) in [6, 6.07) is 18.5. The maximum absolute atomic E-state index is 8.82. The molecule has 52 heavy (non-hydrogen) atoms. The summed E-state index contributed by atoms with van der Waals surface area (Å²) in [5, 5.41) is 0.846. The monoisotopic (exact) mass is 849 g/mol. The van der Waals surface area contributed by atoms with Crippen molar-refractivity contribution in [2.24, 2.45) is 0 Å². The first-order valence-corrected chi connectivity index (χ1v) is 25.7. The van der Waals surface area contributed by atoms with Crippen LogP contribution in [0.2, 0.25) is 18.6 Å².